The molecule has 0 aliphatic carbocycles. The molecule has 0 heterocycles. The van der Waals surface area contributed by atoms with Gasteiger partial charge in [0, 0.05) is 6.54 Å². The van der Waals surface area contributed by atoms with E-state index in [4.69, 9.17) is 16.3 Å². The predicted molar refractivity (Wildman–Crippen MR) is 65.0 cm³/mol. The summed E-state index contributed by atoms with van der Waals surface area (Å²) in [6.07, 6.45) is 0. The molecule has 1 aromatic carbocycles. The van der Waals surface area contributed by atoms with Crippen molar-refractivity contribution in [3.63, 3.8) is 0 Å². The maximum atomic E-state index is 6.11. The Labute approximate surface area is 96.6 Å². The van der Waals surface area contributed by atoms with Gasteiger partial charge < -0.3 is 10.1 Å². The highest BCUT2D eigenvalue weighted by molar-refractivity contribution is 6.32. The van der Waals surface area contributed by atoms with E-state index in [1.54, 1.807) is 0 Å². The Kier molecular flexibility index (Phi) is 4.92. The SMILES string of the molecule is CCOc1ccc(C(C)CNC)cc1Cl. The van der Waals surface area contributed by atoms with Gasteiger partial charge in [0.1, 0.15) is 5.75 Å². The van der Waals surface area contributed by atoms with E-state index in [0.29, 0.717) is 17.5 Å². The lowest BCUT2D eigenvalue weighted by atomic mass is 10.0. The van der Waals surface area contributed by atoms with Crippen molar-refractivity contribution in [2.24, 2.45) is 0 Å². The summed E-state index contributed by atoms with van der Waals surface area (Å²) in [4.78, 5) is 0. The summed E-state index contributed by atoms with van der Waals surface area (Å²) in [5.41, 5.74) is 1.23. The summed E-state index contributed by atoms with van der Waals surface area (Å²) >= 11 is 6.11. The minimum atomic E-state index is 0.461. The molecule has 0 fully saturated rings. The molecule has 0 amide bonds. The molecule has 84 valence electrons. The average molecular weight is 228 g/mol. The van der Waals surface area contributed by atoms with Crippen LogP contribution in [-0.2, 0) is 0 Å². The van der Waals surface area contributed by atoms with Gasteiger partial charge in [-0.15, -0.1) is 0 Å². The van der Waals surface area contributed by atoms with Gasteiger partial charge in [0.15, 0.2) is 0 Å². The van der Waals surface area contributed by atoms with E-state index in [2.05, 4.69) is 18.3 Å². The normalized spacial score (nSPS) is 12.5. The third-order valence-electron chi connectivity index (χ3n) is 2.34. The van der Waals surface area contributed by atoms with Crippen molar-refractivity contribution in [3.8, 4) is 5.75 Å². The molecule has 0 aliphatic heterocycles. The van der Waals surface area contributed by atoms with Crippen molar-refractivity contribution in [3.05, 3.63) is 28.8 Å². The van der Waals surface area contributed by atoms with E-state index in [0.717, 1.165) is 12.3 Å². The van der Waals surface area contributed by atoms with Crippen LogP contribution in [0.2, 0.25) is 5.02 Å². The molecule has 0 saturated heterocycles. The molecule has 2 nitrogen and oxygen atoms in total. The lowest BCUT2D eigenvalue weighted by Crippen LogP contribution is -2.14. The second-order valence-electron chi connectivity index (χ2n) is 3.58. The smallest absolute Gasteiger partial charge is 0.137 e. The highest BCUT2D eigenvalue weighted by Gasteiger charge is 2.07. The average Bonchev–Trinajstić information content (AvgIpc) is 2.21. The van der Waals surface area contributed by atoms with Gasteiger partial charge in [-0.2, -0.15) is 0 Å². The van der Waals surface area contributed by atoms with Crippen molar-refractivity contribution in [2.45, 2.75) is 19.8 Å². The van der Waals surface area contributed by atoms with Crippen molar-refractivity contribution in [1.82, 2.24) is 5.32 Å². The van der Waals surface area contributed by atoms with Crippen LogP contribution in [0.15, 0.2) is 18.2 Å². The summed E-state index contributed by atoms with van der Waals surface area (Å²) < 4.78 is 5.38. The summed E-state index contributed by atoms with van der Waals surface area (Å²) in [5, 5.41) is 3.84. The highest BCUT2D eigenvalue weighted by Crippen LogP contribution is 2.28. The second-order valence-corrected chi connectivity index (χ2v) is 3.99. The molecule has 15 heavy (non-hydrogen) atoms. The number of ether oxygens (including phenoxy) is 1. The first-order valence-corrected chi connectivity index (χ1v) is 5.63. The first kappa shape index (κ1) is 12.3. The van der Waals surface area contributed by atoms with Gasteiger partial charge in [-0.3, -0.25) is 0 Å². The molecule has 1 N–H and O–H groups in total. The van der Waals surface area contributed by atoms with Crippen LogP contribution in [0.1, 0.15) is 25.3 Å². The Morgan fingerprint density at radius 3 is 2.73 bits per heavy atom. The lowest BCUT2D eigenvalue weighted by molar-refractivity contribution is 0.340. The zero-order chi connectivity index (χ0) is 11.3. The molecule has 1 atom stereocenters. The van der Waals surface area contributed by atoms with E-state index < -0.39 is 0 Å². The zero-order valence-electron chi connectivity index (χ0n) is 9.51. The quantitative estimate of drug-likeness (QED) is 0.835. The minimum Gasteiger partial charge on any atom is -0.492 e. The van der Waals surface area contributed by atoms with Crippen molar-refractivity contribution in [2.75, 3.05) is 20.2 Å². The van der Waals surface area contributed by atoms with Crippen LogP contribution in [0.25, 0.3) is 0 Å². The Morgan fingerprint density at radius 2 is 2.20 bits per heavy atom. The largest absolute Gasteiger partial charge is 0.492 e. The topological polar surface area (TPSA) is 21.3 Å². The Bertz CT molecular complexity index is 314. The number of hydrogen-bond donors (Lipinski definition) is 1. The van der Waals surface area contributed by atoms with E-state index >= 15 is 0 Å². The van der Waals surface area contributed by atoms with Gasteiger partial charge >= 0.3 is 0 Å². The van der Waals surface area contributed by atoms with E-state index in [1.807, 2.05) is 26.1 Å². The summed E-state index contributed by atoms with van der Waals surface area (Å²) in [6.45, 7) is 5.71. The van der Waals surface area contributed by atoms with Gasteiger partial charge in [0.2, 0.25) is 0 Å². The highest BCUT2D eigenvalue weighted by atomic mass is 35.5. The maximum absolute atomic E-state index is 6.11. The van der Waals surface area contributed by atoms with E-state index in [9.17, 15) is 0 Å². The van der Waals surface area contributed by atoms with Crippen molar-refractivity contribution >= 4 is 11.6 Å². The Morgan fingerprint density at radius 1 is 1.47 bits per heavy atom. The summed E-state index contributed by atoms with van der Waals surface area (Å²) in [7, 11) is 1.95. The Balaban J connectivity index is 2.81. The predicted octanol–water partition coefficient (Wildman–Crippen LogP) is 3.06. The molecule has 0 saturated carbocycles. The van der Waals surface area contributed by atoms with Gasteiger partial charge in [-0.05, 0) is 37.6 Å². The van der Waals surface area contributed by atoms with Crippen LogP contribution < -0.4 is 10.1 Å². The number of nitrogens with one attached hydrogen (secondary N) is 1. The molecule has 0 aliphatic rings. The maximum Gasteiger partial charge on any atom is 0.137 e. The van der Waals surface area contributed by atoms with Gasteiger partial charge in [0.25, 0.3) is 0 Å². The number of rotatable bonds is 5. The van der Waals surface area contributed by atoms with Crippen LogP contribution in [0, 0.1) is 0 Å². The fourth-order valence-electron chi connectivity index (χ4n) is 1.52. The fraction of sp³-hybridized carbons (Fsp3) is 0.500. The first-order chi connectivity index (χ1) is 7.19. The fourth-order valence-corrected chi connectivity index (χ4v) is 1.76. The number of halogens is 1. The number of likely N-dealkylation sites (N-methyl/N-ethyl adjacent to an activating group) is 1. The van der Waals surface area contributed by atoms with Crippen LogP contribution in [0.3, 0.4) is 0 Å². The van der Waals surface area contributed by atoms with Crippen LogP contribution >= 0.6 is 11.6 Å². The molecule has 0 radical (unpaired) electrons. The number of benzene rings is 1. The van der Waals surface area contributed by atoms with Gasteiger partial charge in [-0.25, -0.2) is 0 Å². The summed E-state index contributed by atoms with van der Waals surface area (Å²) in [5.74, 6) is 1.22. The minimum absolute atomic E-state index is 0.461. The van der Waals surface area contributed by atoms with Gasteiger partial charge in [0.05, 0.1) is 11.6 Å². The second kappa shape index (κ2) is 5.99. The molecular weight excluding hydrogens is 210 g/mol. The van der Waals surface area contributed by atoms with Crippen molar-refractivity contribution in [1.29, 1.82) is 0 Å². The van der Waals surface area contributed by atoms with E-state index in [-0.39, 0.29) is 0 Å². The standard InChI is InChI=1S/C12H18ClNO/c1-4-15-12-6-5-10(7-11(12)13)9(2)8-14-3/h5-7,9,14H,4,8H2,1-3H3. The number of hydrogen-bond acceptors (Lipinski definition) is 2. The Hall–Kier alpha value is -0.730. The third-order valence-corrected chi connectivity index (χ3v) is 2.63. The molecule has 1 aromatic rings. The molecule has 1 rings (SSSR count). The molecule has 3 heteroatoms. The monoisotopic (exact) mass is 227 g/mol. The molecule has 0 bridgehead atoms. The molecule has 0 aromatic heterocycles. The first-order valence-electron chi connectivity index (χ1n) is 5.25. The summed E-state index contributed by atoms with van der Waals surface area (Å²) in [6, 6.07) is 5.99. The van der Waals surface area contributed by atoms with Crippen molar-refractivity contribution < 1.29 is 4.74 Å². The van der Waals surface area contributed by atoms with Crippen LogP contribution in [0.4, 0.5) is 0 Å². The van der Waals surface area contributed by atoms with E-state index in [1.165, 1.54) is 5.56 Å². The molecule has 0 spiro atoms. The van der Waals surface area contributed by atoms with Gasteiger partial charge in [-0.1, -0.05) is 24.6 Å². The van der Waals surface area contributed by atoms with Crippen LogP contribution in [0.5, 0.6) is 5.75 Å². The zero-order valence-corrected chi connectivity index (χ0v) is 10.3. The molecular formula is C12H18ClNO. The third kappa shape index (κ3) is 3.40. The van der Waals surface area contributed by atoms with Crippen LogP contribution in [-0.4, -0.2) is 20.2 Å². The molecule has 1 unspecified atom stereocenters. The lowest BCUT2D eigenvalue weighted by Gasteiger charge is -2.13.